The Kier molecular flexibility index (Phi) is 5.01. The van der Waals surface area contributed by atoms with E-state index in [2.05, 4.69) is 0 Å². The van der Waals surface area contributed by atoms with Gasteiger partial charge in [-0.05, 0) is 25.5 Å². The number of hydrogen-bond acceptors (Lipinski definition) is 5. The average molecular weight is 307 g/mol. The molecule has 1 aliphatic heterocycles. The second kappa shape index (κ2) is 6.76. The van der Waals surface area contributed by atoms with Gasteiger partial charge in [-0.2, -0.15) is 0 Å². The lowest BCUT2D eigenvalue weighted by atomic mass is 10.2. The molecule has 2 rings (SSSR count). The molecular formula is C15H17NO4S. The molecule has 1 atom stereocenters. The number of anilines is 1. The molecule has 6 heteroatoms. The zero-order chi connectivity index (χ0) is 15.4. The number of esters is 1. The Balaban J connectivity index is 2.07. The molecule has 0 aromatic heterocycles. The molecule has 1 aromatic rings. The first-order chi connectivity index (χ1) is 10.0. The Hall–Kier alpha value is -1.82. The lowest BCUT2D eigenvalue weighted by molar-refractivity contribution is -0.139. The first-order valence-corrected chi connectivity index (χ1v) is 7.79. The Labute approximate surface area is 127 Å². The number of carbonyl (C=O) groups is 3. The maximum atomic E-state index is 12.4. The number of thioether (sulfide) groups is 1. The average Bonchev–Trinajstić information content (AvgIpc) is 2.73. The highest BCUT2D eigenvalue weighted by Crippen LogP contribution is 2.31. The fraction of sp³-hybridized carbons (Fsp3) is 0.400. The number of nitrogens with zero attached hydrogens (tertiary/aromatic N) is 1. The van der Waals surface area contributed by atoms with Crippen LogP contribution in [-0.4, -0.2) is 35.4 Å². The summed E-state index contributed by atoms with van der Waals surface area (Å²) in [4.78, 5) is 37.0. The van der Waals surface area contributed by atoms with E-state index in [0.29, 0.717) is 12.3 Å². The van der Waals surface area contributed by atoms with Gasteiger partial charge in [-0.15, -0.1) is 11.8 Å². The smallest absolute Gasteiger partial charge is 0.315 e. The van der Waals surface area contributed by atoms with Gasteiger partial charge in [-0.3, -0.25) is 14.4 Å². The van der Waals surface area contributed by atoms with Crippen LogP contribution in [0.1, 0.15) is 18.9 Å². The quantitative estimate of drug-likeness (QED) is 0.614. The van der Waals surface area contributed by atoms with Gasteiger partial charge < -0.3 is 4.74 Å². The second-order valence-electron chi connectivity index (χ2n) is 4.66. The molecular weight excluding hydrogens is 290 g/mol. The lowest BCUT2D eigenvalue weighted by Gasteiger charge is -2.17. The van der Waals surface area contributed by atoms with Crippen molar-refractivity contribution < 1.29 is 19.1 Å². The number of amides is 2. The number of carbonyl (C=O) groups excluding carboxylic acids is 3. The van der Waals surface area contributed by atoms with E-state index >= 15 is 0 Å². The van der Waals surface area contributed by atoms with Crippen LogP contribution in [0.25, 0.3) is 0 Å². The highest BCUT2D eigenvalue weighted by atomic mass is 32.2. The number of benzene rings is 1. The summed E-state index contributed by atoms with van der Waals surface area (Å²) in [6.07, 6.45) is 0.122. The molecule has 5 nitrogen and oxygen atoms in total. The summed E-state index contributed by atoms with van der Waals surface area (Å²) < 4.78 is 4.82. The van der Waals surface area contributed by atoms with Crippen LogP contribution in [0, 0.1) is 6.92 Å². The van der Waals surface area contributed by atoms with Gasteiger partial charge in [0, 0.05) is 6.42 Å². The highest BCUT2D eigenvalue weighted by Gasteiger charge is 2.40. The van der Waals surface area contributed by atoms with Crippen molar-refractivity contribution in [2.24, 2.45) is 0 Å². The molecule has 1 heterocycles. The van der Waals surface area contributed by atoms with Gasteiger partial charge in [0.15, 0.2) is 0 Å². The molecule has 1 aromatic carbocycles. The van der Waals surface area contributed by atoms with Gasteiger partial charge in [0.05, 0.1) is 23.3 Å². The van der Waals surface area contributed by atoms with E-state index in [9.17, 15) is 14.4 Å². The third kappa shape index (κ3) is 3.44. The molecule has 1 fully saturated rings. The van der Waals surface area contributed by atoms with Crippen molar-refractivity contribution in [2.45, 2.75) is 25.5 Å². The topological polar surface area (TPSA) is 63.7 Å². The molecule has 1 saturated heterocycles. The zero-order valence-corrected chi connectivity index (χ0v) is 12.8. The van der Waals surface area contributed by atoms with Crippen LogP contribution in [0.2, 0.25) is 0 Å². The van der Waals surface area contributed by atoms with Gasteiger partial charge in [-0.25, -0.2) is 4.90 Å². The van der Waals surface area contributed by atoms with E-state index < -0.39 is 5.25 Å². The largest absolute Gasteiger partial charge is 0.465 e. The van der Waals surface area contributed by atoms with Crippen LogP contribution >= 0.6 is 11.8 Å². The maximum absolute atomic E-state index is 12.4. The molecule has 0 spiro atoms. The fourth-order valence-corrected chi connectivity index (χ4v) is 3.10. The van der Waals surface area contributed by atoms with Crippen molar-refractivity contribution in [3.8, 4) is 0 Å². The second-order valence-corrected chi connectivity index (χ2v) is 5.85. The van der Waals surface area contributed by atoms with Crippen LogP contribution in [0.3, 0.4) is 0 Å². The third-order valence-corrected chi connectivity index (χ3v) is 4.34. The molecule has 0 radical (unpaired) electrons. The van der Waals surface area contributed by atoms with Crippen molar-refractivity contribution in [3.63, 3.8) is 0 Å². The summed E-state index contributed by atoms with van der Waals surface area (Å²) in [5, 5.41) is -0.512. The van der Waals surface area contributed by atoms with E-state index in [-0.39, 0.29) is 30.0 Å². The van der Waals surface area contributed by atoms with Gasteiger partial charge >= 0.3 is 5.97 Å². The first kappa shape index (κ1) is 15.6. The molecule has 112 valence electrons. The SMILES string of the molecule is CCOC(=O)CSC1CC(=O)N(c2ccccc2C)C1=O. The fourth-order valence-electron chi connectivity index (χ4n) is 2.17. The van der Waals surface area contributed by atoms with Gasteiger partial charge in [0.1, 0.15) is 0 Å². The summed E-state index contributed by atoms with van der Waals surface area (Å²) in [7, 11) is 0. The van der Waals surface area contributed by atoms with Crippen LogP contribution in [0.4, 0.5) is 5.69 Å². The molecule has 21 heavy (non-hydrogen) atoms. The first-order valence-electron chi connectivity index (χ1n) is 6.74. The van der Waals surface area contributed by atoms with Crippen molar-refractivity contribution >= 4 is 35.2 Å². The van der Waals surface area contributed by atoms with Crippen LogP contribution in [0.5, 0.6) is 0 Å². The molecule has 0 saturated carbocycles. The Morgan fingerprint density at radius 1 is 1.38 bits per heavy atom. The molecule has 1 aliphatic rings. The third-order valence-electron chi connectivity index (χ3n) is 3.17. The predicted octanol–water partition coefficient (Wildman–Crippen LogP) is 1.92. The monoisotopic (exact) mass is 307 g/mol. The Bertz CT molecular complexity index is 573. The van der Waals surface area contributed by atoms with E-state index in [4.69, 9.17) is 4.74 Å². The summed E-state index contributed by atoms with van der Waals surface area (Å²) in [6, 6.07) is 7.26. The van der Waals surface area contributed by atoms with Gasteiger partial charge in [0.25, 0.3) is 0 Å². The van der Waals surface area contributed by atoms with Gasteiger partial charge in [-0.1, -0.05) is 18.2 Å². The molecule has 0 aliphatic carbocycles. The Morgan fingerprint density at radius 2 is 2.10 bits per heavy atom. The molecule has 1 unspecified atom stereocenters. The number of imide groups is 1. The summed E-state index contributed by atoms with van der Waals surface area (Å²) in [5.74, 6) is -0.768. The number of rotatable bonds is 5. The predicted molar refractivity (Wildman–Crippen MR) is 81.2 cm³/mol. The van der Waals surface area contributed by atoms with E-state index in [0.717, 1.165) is 17.3 Å². The maximum Gasteiger partial charge on any atom is 0.315 e. The number of ether oxygens (including phenoxy) is 1. The Morgan fingerprint density at radius 3 is 2.76 bits per heavy atom. The van der Waals surface area contributed by atoms with Crippen molar-refractivity contribution in [1.29, 1.82) is 0 Å². The van der Waals surface area contributed by atoms with Gasteiger partial charge in [0.2, 0.25) is 11.8 Å². The van der Waals surface area contributed by atoms with Crippen LogP contribution < -0.4 is 4.90 Å². The lowest BCUT2D eigenvalue weighted by Crippen LogP contribution is -2.32. The standard InChI is InChI=1S/C15H17NO4S/c1-3-20-14(18)9-21-12-8-13(17)16(15(12)19)11-7-5-4-6-10(11)2/h4-7,12H,3,8-9H2,1-2H3. The minimum atomic E-state index is -0.512. The van der Waals surface area contributed by atoms with Crippen LogP contribution in [-0.2, 0) is 19.1 Å². The highest BCUT2D eigenvalue weighted by molar-refractivity contribution is 8.01. The van der Waals surface area contributed by atoms with Crippen LogP contribution in [0.15, 0.2) is 24.3 Å². The summed E-state index contributed by atoms with van der Waals surface area (Å²) in [6.45, 7) is 3.90. The van der Waals surface area contributed by atoms with E-state index in [1.165, 1.54) is 4.90 Å². The zero-order valence-electron chi connectivity index (χ0n) is 12.0. The minimum Gasteiger partial charge on any atom is -0.465 e. The van der Waals surface area contributed by atoms with Crippen molar-refractivity contribution in [3.05, 3.63) is 29.8 Å². The number of para-hydroxylation sites is 1. The molecule has 2 amide bonds. The van der Waals surface area contributed by atoms with Crippen molar-refractivity contribution in [2.75, 3.05) is 17.3 Å². The van der Waals surface area contributed by atoms with E-state index in [1.54, 1.807) is 19.1 Å². The summed E-state index contributed by atoms with van der Waals surface area (Å²) in [5.41, 5.74) is 1.49. The molecule has 0 bridgehead atoms. The van der Waals surface area contributed by atoms with Crippen molar-refractivity contribution in [1.82, 2.24) is 0 Å². The number of aryl methyl sites for hydroxylation is 1. The normalized spacial score (nSPS) is 18.2. The summed E-state index contributed by atoms with van der Waals surface area (Å²) >= 11 is 1.16. The minimum absolute atomic E-state index is 0.0825. The van der Waals surface area contributed by atoms with E-state index in [1.807, 2.05) is 19.1 Å². The number of hydrogen-bond donors (Lipinski definition) is 0. The molecule has 0 N–H and O–H groups in total.